The lowest BCUT2D eigenvalue weighted by Gasteiger charge is -1.95. The van der Waals surface area contributed by atoms with E-state index >= 15 is 0 Å². The number of hydrogen-bond donors (Lipinski definition) is 2. The van der Waals surface area contributed by atoms with Crippen LogP contribution in [0.1, 0.15) is 35.9 Å². The average Bonchev–Trinajstić information content (AvgIpc) is 2.66. The van der Waals surface area contributed by atoms with Gasteiger partial charge >= 0.3 is 5.97 Å². The third-order valence-electron chi connectivity index (χ3n) is 2.62. The van der Waals surface area contributed by atoms with Crippen molar-refractivity contribution >= 4 is 17.0 Å². The Balaban J connectivity index is 2.43. The first-order valence-corrected chi connectivity index (χ1v) is 5.53. The standard InChI is InChI=1S/C12H13FN2O2/c1-2-3-4-11-14-9-5-7(12(16)17)8(13)6-10(9)15-11/h5-6H,2-4H2,1H3,(H,14,15)(H,16,17). The Morgan fingerprint density at radius 3 is 2.94 bits per heavy atom. The number of aromatic amines is 1. The molecule has 0 radical (unpaired) electrons. The highest BCUT2D eigenvalue weighted by Gasteiger charge is 2.13. The van der Waals surface area contributed by atoms with E-state index in [1.165, 1.54) is 12.1 Å². The minimum Gasteiger partial charge on any atom is -0.478 e. The fourth-order valence-electron chi connectivity index (χ4n) is 1.71. The van der Waals surface area contributed by atoms with Crippen molar-refractivity contribution < 1.29 is 14.3 Å². The monoisotopic (exact) mass is 236 g/mol. The Hall–Kier alpha value is -1.91. The molecule has 0 fully saturated rings. The van der Waals surface area contributed by atoms with E-state index in [1.807, 2.05) is 0 Å². The molecular formula is C12H13FN2O2. The van der Waals surface area contributed by atoms with Crippen LogP contribution in [0, 0.1) is 5.82 Å². The number of aryl methyl sites for hydroxylation is 1. The maximum atomic E-state index is 13.4. The molecule has 1 heterocycles. The van der Waals surface area contributed by atoms with Crippen molar-refractivity contribution in [3.05, 3.63) is 29.3 Å². The van der Waals surface area contributed by atoms with Gasteiger partial charge in [-0.05, 0) is 12.5 Å². The van der Waals surface area contributed by atoms with Gasteiger partial charge in [0, 0.05) is 12.5 Å². The van der Waals surface area contributed by atoms with Gasteiger partial charge in [0.2, 0.25) is 0 Å². The molecule has 0 saturated carbocycles. The van der Waals surface area contributed by atoms with Crippen LogP contribution in [0.5, 0.6) is 0 Å². The molecule has 4 nitrogen and oxygen atoms in total. The Morgan fingerprint density at radius 2 is 2.29 bits per heavy atom. The van der Waals surface area contributed by atoms with E-state index in [9.17, 15) is 9.18 Å². The molecule has 0 aliphatic heterocycles. The maximum Gasteiger partial charge on any atom is 0.338 e. The van der Waals surface area contributed by atoms with E-state index < -0.39 is 11.8 Å². The first kappa shape index (κ1) is 11.6. The molecule has 0 unspecified atom stereocenters. The summed E-state index contributed by atoms with van der Waals surface area (Å²) in [7, 11) is 0. The molecule has 0 aliphatic carbocycles. The van der Waals surface area contributed by atoms with Crippen LogP contribution >= 0.6 is 0 Å². The molecular weight excluding hydrogens is 223 g/mol. The van der Waals surface area contributed by atoms with Crippen molar-refractivity contribution in [1.82, 2.24) is 9.97 Å². The molecule has 5 heteroatoms. The van der Waals surface area contributed by atoms with Gasteiger partial charge in [0.1, 0.15) is 11.6 Å². The van der Waals surface area contributed by atoms with Crippen LogP contribution in [0.25, 0.3) is 11.0 Å². The van der Waals surface area contributed by atoms with Crippen molar-refractivity contribution in [2.75, 3.05) is 0 Å². The number of carbonyl (C=O) groups is 1. The summed E-state index contributed by atoms with van der Waals surface area (Å²) >= 11 is 0. The number of nitrogens with zero attached hydrogens (tertiary/aromatic N) is 1. The molecule has 0 spiro atoms. The fourth-order valence-corrected chi connectivity index (χ4v) is 1.71. The number of carboxylic acids is 1. The molecule has 0 saturated heterocycles. The number of benzene rings is 1. The maximum absolute atomic E-state index is 13.4. The van der Waals surface area contributed by atoms with E-state index in [0.29, 0.717) is 11.0 Å². The number of unbranched alkanes of at least 4 members (excludes halogenated alkanes) is 1. The summed E-state index contributed by atoms with van der Waals surface area (Å²) in [6, 6.07) is 2.44. The lowest BCUT2D eigenvalue weighted by atomic mass is 10.2. The Kier molecular flexibility index (Phi) is 3.08. The summed E-state index contributed by atoms with van der Waals surface area (Å²) in [6.07, 6.45) is 2.83. The summed E-state index contributed by atoms with van der Waals surface area (Å²) < 4.78 is 13.4. The molecule has 2 aromatic rings. The van der Waals surface area contributed by atoms with Crippen molar-refractivity contribution in [3.63, 3.8) is 0 Å². The Morgan fingerprint density at radius 1 is 1.53 bits per heavy atom. The van der Waals surface area contributed by atoms with Gasteiger partial charge in [0.05, 0.1) is 16.6 Å². The van der Waals surface area contributed by atoms with Gasteiger partial charge < -0.3 is 10.1 Å². The van der Waals surface area contributed by atoms with E-state index in [2.05, 4.69) is 16.9 Å². The van der Waals surface area contributed by atoms with Crippen molar-refractivity contribution in [3.8, 4) is 0 Å². The smallest absolute Gasteiger partial charge is 0.338 e. The lowest BCUT2D eigenvalue weighted by Crippen LogP contribution is -1.99. The van der Waals surface area contributed by atoms with Gasteiger partial charge in [-0.3, -0.25) is 0 Å². The Labute approximate surface area is 97.5 Å². The van der Waals surface area contributed by atoms with Crippen LogP contribution in [0.3, 0.4) is 0 Å². The highest BCUT2D eigenvalue weighted by atomic mass is 19.1. The van der Waals surface area contributed by atoms with Gasteiger partial charge in [0.25, 0.3) is 0 Å². The molecule has 0 amide bonds. The number of nitrogens with one attached hydrogen (secondary N) is 1. The van der Waals surface area contributed by atoms with Gasteiger partial charge in [-0.15, -0.1) is 0 Å². The van der Waals surface area contributed by atoms with E-state index in [4.69, 9.17) is 5.11 Å². The van der Waals surface area contributed by atoms with Crippen LogP contribution in [-0.2, 0) is 6.42 Å². The predicted molar refractivity (Wildman–Crippen MR) is 61.6 cm³/mol. The van der Waals surface area contributed by atoms with Gasteiger partial charge in [-0.2, -0.15) is 0 Å². The molecule has 2 rings (SSSR count). The van der Waals surface area contributed by atoms with Crippen LogP contribution in [0.15, 0.2) is 12.1 Å². The van der Waals surface area contributed by atoms with Gasteiger partial charge in [0.15, 0.2) is 0 Å². The molecule has 17 heavy (non-hydrogen) atoms. The zero-order chi connectivity index (χ0) is 12.4. The summed E-state index contributed by atoms with van der Waals surface area (Å²) in [5, 5.41) is 8.80. The third kappa shape index (κ3) is 2.27. The molecule has 1 aromatic heterocycles. The number of rotatable bonds is 4. The van der Waals surface area contributed by atoms with Crippen LogP contribution in [0.2, 0.25) is 0 Å². The van der Waals surface area contributed by atoms with Gasteiger partial charge in [-0.25, -0.2) is 14.2 Å². The number of aromatic nitrogens is 2. The number of hydrogen-bond acceptors (Lipinski definition) is 2. The van der Waals surface area contributed by atoms with E-state index in [0.717, 1.165) is 25.1 Å². The molecule has 1 aromatic carbocycles. The topological polar surface area (TPSA) is 66.0 Å². The zero-order valence-corrected chi connectivity index (χ0v) is 9.46. The van der Waals surface area contributed by atoms with E-state index in [1.54, 1.807) is 0 Å². The second kappa shape index (κ2) is 4.53. The number of carboxylic acid groups (broad SMARTS) is 1. The summed E-state index contributed by atoms with van der Waals surface area (Å²) in [4.78, 5) is 18.0. The minimum absolute atomic E-state index is 0.342. The van der Waals surface area contributed by atoms with Crippen LogP contribution in [0.4, 0.5) is 4.39 Å². The number of halogens is 1. The summed E-state index contributed by atoms with van der Waals surface area (Å²) in [5.41, 5.74) is 0.694. The highest BCUT2D eigenvalue weighted by Crippen LogP contribution is 2.18. The second-order valence-corrected chi connectivity index (χ2v) is 3.94. The lowest BCUT2D eigenvalue weighted by molar-refractivity contribution is 0.0692. The predicted octanol–water partition coefficient (Wildman–Crippen LogP) is 2.74. The average molecular weight is 236 g/mol. The summed E-state index contributed by atoms with van der Waals surface area (Å²) in [5.74, 6) is -1.25. The Bertz CT molecular complexity index is 563. The largest absolute Gasteiger partial charge is 0.478 e. The molecule has 90 valence electrons. The SMILES string of the molecule is CCCCc1nc2cc(C(=O)O)c(F)cc2[nH]1. The first-order chi connectivity index (χ1) is 8.11. The third-order valence-corrected chi connectivity index (χ3v) is 2.62. The number of H-pyrrole nitrogens is 1. The molecule has 2 N–H and O–H groups in total. The van der Waals surface area contributed by atoms with Crippen molar-refractivity contribution in [1.29, 1.82) is 0 Å². The zero-order valence-electron chi connectivity index (χ0n) is 9.46. The van der Waals surface area contributed by atoms with Crippen LogP contribution in [-0.4, -0.2) is 21.0 Å². The molecule has 0 atom stereocenters. The minimum atomic E-state index is -1.28. The van der Waals surface area contributed by atoms with Crippen LogP contribution < -0.4 is 0 Å². The molecule has 0 bridgehead atoms. The van der Waals surface area contributed by atoms with E-state index in [-0.39, 0.29) is 5.56 Å². The first-order valence-electron chi connectivity index (χ1n) is 5.53. The molecule has 0 aliphatic rings. The van der Waals surface area contributed by atoms with Crippen molar-refractivity contribution in [2.45, 2.75) is 26.2 Å². The number of imidazole rings is 1. The number of aromatic carboxylic acids is 1. The quantitative estimate of drug-likeness (QED) is 0.857. The summed E-state index contributed by atoms with van der Waals surface area (Å²) in [6.45, 7) is 2.07. The van der Waals surface area contributed by atoms with Gasteiger partial charge in [-0.1, -0.05) is 13.3 Å². The normalized spacial score (nSPS) is 10.9. The highest BCUT2D eigenvalue weighted by molar-refractivity contribution is 5.92. The fraction of sp³-hybridized carbons (Fsp3) is 0.333. The number of fused-ring (bicyclic) bond motifs is 1. The second-order valence-electron chi connectivity index (χ2n) is 3.94. The van der Waals surface area contributed by atoms with Crippen molar-refractivity contribution in [2.24, 2.45) is 0 Å².